The molecule has 3 unspecified atom stereocenters. The maximum Gasteiger partial charge on any atom is 0.225 e. The molecule has 112 valence electrons. The van der Waals surface area contributed by atoms with Crippen molar-refractivity contribution in [3.63, 3.8) is 0 Å². The average molecular weight is 268 g/mol. The van der Waals surface area contributed by atoms with Gasteiger partial charge >= 0.3 is 0 Å². The molecule has 0 aromatic rings. The van der Waals surface area contributed by atoms with Crippen LogP contribution in [-0.4, -0.2) is 17.5 Å². The van der Waals surface area contributed by atoms with E-state index in [0.29, 0.717) is 5.92 Å². The van der Waals surface area contributed by atoms with Crippen molar-refractivity contribution in [2.75, 3.05) is 0 Å². The molecule has 0 spiro atoms. The smallest absolute Gasteiger partial charge is 0.225 e. The number of amides is 1. The molecule has 1 aliphatic carbocycles. The van der Waals surface area contributed by atoms with Crippen molar-refractivity contribution in [2.45, 2.75) is 78.8 Å². The van der Waals surface area contributed by atoms with Crippen molar-refractivity contribution >= 4 is 5.91 Å². The van der Waals surface area contributed by atoms with Crippen molar-refractivity contribution < 1.29 is 4.79 Å². The first kappa shape index (κ1) is 16.5. The molecule has 0 saturated heterocycles. The highest BCUT2D eigenvalue weighted by atomic mass is 16.2. The Labute approximate surface area is 118 Å². The second-order valence-electron chi connectivity index (χ2n) is 8.21. The van der Waals surface area contributed by atoms with Crippen LogP contribution in [0, 0.1) is 17.3 Å². The van der Waals surface area contributed by atoms with Gasteiger partial charge in [-0.25, -0.2) is 0 Å². The molecule has 3 atom stereocenters. The van der Waals surface area contributed by atoms with Gasteiger partial charge < -0.3 is 11.1 Å². The summed E-state index contributed by atoms with van der Waals surface area (Å²) in [4.78, 5) is 12.5. The lowest BCUT2D eigenvalue weighted by Gasteiger charge is -2.38. The summed E-state index contributed by atoms with van der Waals surface area (Å²) in [5.74, 6) is 0.524. The maximum absolute atomic E-state index is 12.5. The second-order valence-corrected chi connectivity index (χ2v) is 8.21. The van der Waals surface area contributed by atoms with Crippen molar-refractivity contribution in [1.82, 2.24) is 5.32 Å². The van der Waals surface area contributed by atoms with Gasteiger partial charge in [-0.15, -0.1) is 0 Å². The number of hydrogen-bond donors (Lipinski definition) is 2. The molecule has 0 aromatic heterocycles. The number of nitrogens with one attached hydrogen (secondary N) is 1. The fourth-order valence-electron chi connectivity index (χ4n) is 3.70. The van der Waals surface area contributed by atoms with Gasteiger partial charge in [-0.1, -0.05) is 34.1 Å². The molecular weight excluding hydrogens is 236 g/mol. The summed E-state index contributed by atoms with van der Waals surface area (Å²) in [6.45, 7) is 13.0. The number of rotatable bonds is 3. The highest BCUT2D eigenvalue weighted by molar-refractivity contribution is 5.80. The Balaban J connectivity index is 2.67. The Kier molecular flexibility index (Phi) is 5.05. The van der Waals surface area contributed by atoms with Gasteiger partial charge in [-0.2, -0.15) is 0 Å². The van der Waals surface area contributed by atoms with Crippen LogP contribution in [0.15, 0.2) is 0 Å². The fraction of sp³-hybridized carbons (Fsp3) is 0.938. The third-order valence-electron chi connectivity index (χ3n) is 4.01. The van der Waals surface area contributed by atoms with E-state index in [1.54, 1.807) is 0 Å². The lowest BCUT2D eigenvalue weighted by molar-refractivity contribution is -0.130. The zero-order valence-electron chi connectivity index (χ0n) is 13.5. The third kappa shape index (κ3) is 5.13. The van der Waals surface area contributed by atoms with E-state index in [1.165, 1.54) is 0 Å². The van der Waals surface area contributed by atoms with Gasteiger partial charge in [-0.05, 0) is 44.4 Å². The van der Waals surface area contributed by atoms with Crippen molar-refractivity contribution in [3.8, 4) is 0 Å². The molecular formula is C16H32N2O. The zero-order valence-corrected chi connectivity index (χ0v) is 13.5. The van der Waals surface area contributed by atoms with Crippen LogP contribution in [0.3, 0.4) is 0 Å². The van der Waals surface area contributed by atoms with Crippen molar-refractivity contribution in [2.24, 2.45) is 23.0 Å². The molecule has 0 radical (unpaired) electrons. The van der Waals surface area contributed by atoms with Gasteiger partial charge in [0.2, 0.25) is 5.91 Å². The fourth-order valence-corrected chi connectivity index (χ4v) is 3.70. The number of nitrogens with two attached hydrogens (primary N) is 1. The minimum atomic E-state index is -0.174. The Morgan fingerprint density at radius 3 is 2.26 bits per heavy atom. The summed E-state index contributed by atoms with van der Waals surface area (Å²) in [6.07, 6.45) is 4.20. The lowest BCUT2D eigenvalue weighted by Crippen LogP contribution is -2.53. The Bertz CT molecular complexity index is 307. The van der Waals surface area contributed by atoms with E-state index in [1.807, 2.05) is 0 Å². The largest absolute Gasteiger partial charge is 0.351 e. The second kappa shape index (κ2) is 5.82. The van der Waals surface area contributed by atoms with Crippen LogP contribution >= 0.6 is 0 Å². The maximum atomic E-state index is 12.5. The van der Waals surface area contributed by atoms with Gasteiger partial charge in [0, 0.05) is 11.6 Å². The van der Waals surface area contributed by atoms with Crippen LogP contribution in [0.4, 0.5) is 0 Å². The van der Waals surface area contributed by atoms with Crippen molar-refractivity contribution in [3.05, 3.63) is 0 Å². The van der Waals surface area contributed by atoms with Gasteiger partial charge in [0.15, 0.2) is 0 Å². The predicted octanol–water partition coefficient (Wildman–Crippen LogP) is 3.08. The molecule has 1 rings (SSSR count). The molecule has 1 aliphatic rings. The van der Waals surface area contributed by atoms with E-state index in [0.717, 1.165) is 25.7 Å². The Hall–Kier alpha value is -0.570. The summed E-state index contributed by atoms with van der Waals surface area (Å²) in [6, 6.07) is 0.0224. The van der Waals surface area contributed by atoms with Crippen molar-refractivity contribution in [1.29, 1.82) is 0 Å². The zero-order chi connectivity index (χ0) is 14.8. The third-order valence-corrected chi connectivity index (χ3v) is 4.01. The molecule has 1 fully saturated rings. The van der Waals surface area contributed by atoms with Crippen LogP contribution in [0.1, 0.15) is 67.2 Å². The van der Waals surface area contributed by atoms with E-state index in [2.05, 4.69) is 46.9 Å². The summed E-state index contributed by atoms with van der Waals surface area (Å²) in [5, 5.41) is 3.22. The minimum absolute atomic E-state index is 0.0204. The van der Waals surface area contributed by atoms with E-state index in [-0.39, 0.29) is 28.8 Å². The molecule has 3 nitrogen and oxygen atoms in total. The van der Waals surface area contributed by atoms with Gasteiger partial charge in [0.1, 0.15) is 0 Å². The average Bonchev–Trinajstić information content (AvgIpc) is 2.11. The number of carbonyl (C=O) groups is 1. The predicted molar refractivity (Wildman–Crippen MR) is 80.8 cm³/mol. The highest BCUT2D eigenvalue weighted by Gasteiger charge is 2.36. The van der Waals surface area contributed by atoms with Crippen LogP contribution in [0.2, 0.25) is 0 Å². The molecule has 19 heavy (non-hydrogen) atoms. The summed E-state index contributed by atoms with van der Waals surface area (Å²) in [7, 11) is 0. The molecule has 0 bridgehead atoms. The number of carbonyl (C=O) groups excluding carboxylic acids is 1. The first-order valence-electron chi connectivity index (χ1n) is 7.59. The van der Waals surface area contributed by atoms with Gasteiger partial charge in [0.05, 0.1) is 5.92 Å². The van der Waals surface area contributed by atoms with Crippen LogP contribution in [0.25, 0.3) is 0 Å². The molecule has 0 heterocycles. The summed E-state index contributed by atoms with van der Waals surface area (Å²) < 4.78 is 0. The quantitative estimate of drug-likeness (QED) is 0.826. The standard InChI is InChI=1S/C16H32N2O/c1-11-8-7-9-12(17)13(11)14(19)18-16(5,6)10-15(2,3)4/h11-13H,7-10,17H2,1-6H3,(H,18,19). The molecule has 3 N–H and O–H groups in total. The molecule has 0 aliphatic heterocycles. The Morgan fingerprint density at radius 2 is 1.79 bits per heavy atom. The van der Waals surface area contributed by atoms with Crippen LogP contribution < -0.4 is 11.1 Å². The molecule has 0 aromatic carbocycles. The normalized spacial score (nSPS) is 29.1. The minimum Gasteiger partial charge on any atom is -0.351 e. The summed E-state index contributed by atoms with van der Waals surface area (Å²) in [5.41, 5.74) is 6.19. The summed E-state index contributed by atoms with van der Waals surface area (Å²) >= 11 is 0. The first-order valence-corrected chi connectivity index (χ1v) is 7.59. The van der Waals surface area contributed by atoms with Crippen LogP contribution in [-0.2, 0) is 4.79 Å². The topological polar surface area (TPSA) is 55.1 Å². The first-order chi connectivity index (χ1) is 8.52. The molecule has 1 amide bonds. The van der Waals surface area contributed by atoms with E-state index in [9.17, 15) is 4.79 Å². The van der Waals surface area contributed by atoms with E-state index < -0.39 is 0 Å². The highest BCUT2D eigenvalue weighted by Crippen LogP contribution is 2.31. The van der Waals surface area contributed by atoms with Gasteiger partial charge in [0.25, 0.3) is 0 Å². The Morgan fingerprint density at radius 1 is 1.21 bits per heavy atom. The monoisotopic (exact) mass is 268 g/mol. The lowest BCUT2D eigenvalue weighted by atomic mass is 9.75. The van der Waals surface area contributed by atoms with E-state index in [4.69, 9.17) is 5.73 Å². The van der Waals surface area contributed by atoms with E-state index >= 15 is 0 Å². The van der Waals surface area contributed by atoms with Crippen LogP contribution in [0.5, 0.6) is 0 Å². The SMILES string of the molecule is CC1CCCC(N)C1C(=O)NC(C)(C)CC(C)(C)C. The van der Waals surface area contributed by atoms with Gasteiger partial charge in [-0.3, -0.25) is 4.79 Å². The molecule has 1 saturated carbocycles. The molecule has 3 heteroatoms. The number of hydrogen-bond acceptors (Lipinski definition) is 2.